The average Bonchev–Trinajstić information content (AvgIpc) is 2.49. The van der Waals surface area contributed by atoms with Crippen molar-refractivity contribution in [3.05, 3.63) is 23.9 Å². The molecule has 0 saturated carbocycles. The molecule has 1 aromatic rings. The van der Waals surface area contributed by atoms with Crippen LogP contribution in [0.2, 0.25) is 0 Å². The van der Waals surface area contributed by atoms with Gasteiger partial charge in [-0.05, 0) is 32.9 Å². The molecule has 2 N–H and O–H groups in total. The van der Waals surface area contributed by atoms with E-state index in [1.54, 1.807) is 20.8 Å². The van der Waals surface area contributed by atoms with E-state index in [1.807, 2.05) is 0 Å². The van der Waals surface area contributed by atoms with E-state index in [-0.39, 0.29) is 25.5 Å². The SMILES string of the molecule is CN(CC(=O)NCCNc1ncccc1C(F)(F)F)C(=O)OC(C)(C)C. The van der Waals surface area contributed by atoms with Gasteiger partial charge < -0.3 is 20.3 Å². The lowest BCUT2D eigenvalue weighted by molar-refractivity contribution is -0.137. The number of alkyl halides is 3. The van der Waals surface area contributed by atoms with E-state index >= 15 is 0 Å². The Balaban J connectivity index is 2.41. The molecule has 0 aliphatic carbocycles. The fraction of sp³-hybridized carbons (Fsp3) is 0.562. The molecule has 1 aromatic heterocycles. The summed E-state index contributed by atoms with van der Waals surface area (Å²) in [7, 11) is 1.41. The first-order chi connectivity index (χ1) is 11.9. The molecule has 7 nitrogen and oxygen atoms in total. The molecule has 0 aliphatic heterocycles. The van der Waals surface area contributed by atoms with Crippen molar-refractivity contribution in [2.24, 2.45) is 0 Å². The number of pyridine rings is 1. The molecular formula is C16H23F3N4O3. The van der Waals surface area contributed by atoms with E-state index < -0.39 is 29.3 Å². The van der Waals surface area contributed by atoms with Gasteiger partial charge in [0.25, 0.3) is 0 Å². The minimum atomic E-state index is -4.52. The average molecular weight is 376 g/mol. The van der Waals surface area contributed by atoms with E-state index in [4.69, 9.17) is 4.74 Å². The molecule has 26 heavy (non-hydrogen) atoms. The zero-order valence-corrected chi connectivity index (χ0v) is 15.1. The lowest BCUT2D eigenvalue weighted by Crippen LogP contribution is -2.42. The number of anilines is 1. The molecule has 1 heterocycles. The molecule has 2 amide bonds. The highest BCUT2D eigenvalue weighted by atomic mass is 19.4. The summed E-state index contributed by atoms with van der Waals surface area (Å²) in [5.74, 6) is -0.766. The van der Waals surface area contributed by atoms with Gasteiger partial charge >= 0.3 is 12.3 Å². The highest BCUT2D eigenvalue weighted by Crippen LogP contribution is 2.33. The Morgan fingerprint density at radius 1 is 1.23 bits per heavy atom. The lowest BCUT2D eigenvalue weighted by atomic mass is 10.2. The molecule has 0 saturated heterocycles. The van der Waals surface area contributed by atoms with E-state index in [0.717, 1.165) is 11.0 Å². The van der Waals surface area contributed by atoms with Crippen LogP contribution in [0.3, 0.4) is 0 Å². The van der Waals surface area contributed by atoms with Crippen molar-refractivity contribution in [3.63, 3.8) is 0 Å². The maximum Gasteiger partial charge on any atom is 0.419 e. The molecule has 0 aromatic carbocycles. The van der Waals surface area contributed by atoms with Crippen LogP contribution in [0.15, 0.2) is 18.3 Å². The maximum absolute atomic E-state index is 12.8. The van der Waals surface area contributed by atoms with Gasteiger partial charge in [0.2, 0.25) is 5.91 Å². The van der Waals surface area contributed by atoms with Crippen molar-refractivity contribution in [1.29, 1.82) is 0 Å². The summed E-state index contributed by atoms with van der Waals surface area (Å²) >= 11 is 0. The lowest BCUT2D eigenvalue weighted by Gasteiger charge is -2.24. The van der Waals surface area contributed by atoms with Crippen molar-refractivity contribution in [2.75, 3.05) is 32.0 Å². The van der Waals surface area contributed by atoms with Crippen LogP contribution in [0.25, 0.3) is 0 Å². The van der Waals surface area contributed by atoms with E-state index in [1.165, 1.54) is 19.3 Å². The molecule has 10 heteroatoms. The number of nitrogens with one attached hydrogen (secondary N) is 2. The molecule has 0 spiro atoms. The first kappa shape index (κ1) is 21.5. The topological polar surface area (TPSA) is 83.6 Å². The number of rotatable bonds is 6. The summed E-state index contributed by atoms with van der Waals surface area (Å²) < 4.78 is 43.6. The minimum Gasteiger partial charge on any atom is -0.444 e. The predicted octanol–water partition coefficient (Wildman–Crippen LogP) is 2.50. The zero-order chi connectivity index (χ0) is 20.0. The second kappa shape index (κ2) is 8.72. The minimum absolute atomic E-state index is 0.0436. The second-order valence-corrected chi connectivity index (χ2v) is 6.51. The number of halogens is 3. The van der Waals surface area contributed by atoms with Crippen LogP contribution in [0.4, 0.5) is 23.8 Å². The summed E-state index contributed by atoms with van der Waals surface area (Å²) in [6.45, 7) is 5.00. The van der Waals surface area contributed by atoms with E-state index in [0.29, 0.717) is 0 Å². The van der Waals surface area contributed by atoms with Gasteiger partial charge in [-0.2, -0.15) is 13.2 Å². The number of hydrogen-bond acceptors (Lipinski definition) is 5. The van der Waals surface area contributed by atoms with Crippen LogP contribution in [-0.2, 0) is 15.7 Å². The fourth-order valence-electron chi connectivity index (χ4n) is 1.83. The van der Waals surface area contributed by atoms with Gasteiger partial charge in [0.05, 0.1) is 5.56 Å². The largest absolute Gasteiger partial charge is 0.444 e. The third-order valence-corrected chi connectivity index (χ3v) is 2.94. The van der Waals surface area contributed by atoms with Gasteiger partial charge in [-0.15, -0.1) is 0 Å². The Morgan fingerprint density at radius 2 is 1.88 bits per heavy atom. The summed E-state index contributed by atoms with van der Waals surface area (Å²) in [6, 6.07) is 2.12. The van der Waals surface area contributed by atoms with Crippen molar-refractivity contribution in [1.82, 2.24) is 15.2 Å². The van der Waals surface area contributed by atoms with Crippen LogP contribution in [0.1, 0.15) is 26.3 Å². The molecule has 0 fully saturated rings. The number of carbonyl (C=O) groups is 2. The van der Waals surface area contributed by atoms with Crippen LogP contribution >= 0.6 is 0 Å². The zero-order valence-electron chi connectivity index (χ0n) is 15.1. The Kier molecular flexibility index (Phi) is 7.22. The summed E-state index contributed by atoms with van der Waals surface area (Å²) in [4.78, 5) is 28.3. The number of amides is 2. The van der Waals surface area contributed by atoms with Crippen molar-refractivity contribution < 1.29 is 27.5 Å². The van der Waals surface area contributed by atoms with Crippen LogP contribution in [0.5, 0.6) is 0 Å². The highest BCUT2D eigenvalue weighted by molar-refractivity contribution is 5.82. The molecule has 0 radical (unpaired) electrons. The van der Waals surface area contributed by atoms with Crippen molar-refractivity contribution >= 4 is 17.8 Å². The molecule has 0 unspecified atom stereocenters. The summed E-state index contributed by atoms with van der Waals surface area (Å²) in [6.07, 6.45) is -3.92. The molecular weight excluding hydrogens is 353 g/mol. The summed E-state index contributed by atoms with van der Waals surface area (Å²) in [5, 5.41) is 5.03. The Bertz CT molecular complexity index is 630. The van der Waals surface area contributed by atoms with E-state index in [9.17, 15) is 22.8 Å². The fourth-order valence-corrected chi connectivity index (χ4v) is 1.83. The molecule has 1 rings (SSSR count). The quantitative estimate of drug-likeness (QED) is 0.746. The second-order valence-electron chi connectivity index (χ2n) is 6.51. The van der Waals surface area contributed by atoms with Crippen LogP contribution in [-0.4, -0.2) is 54.2 Å². The molecule has 0 atom stereocenters. The summed E-state index contributed by atoms with van der Waals surface area (Å²) in [5.41, 5.74) is -1.55. The van der Waals surface area contributed by atoms with Gasteiger partial charge in [-0.1, -0.05) is 0 Å². The Labute approximate surface area is 149 Å². The highest BCUT2D eigenvalue weighted by Gasteiger charge is 2.33. The van der Waals surface area contributed by atoms with Crippen LogP contribution < -0.4 is 10.6 Å². The first-order valence-corrected chi connectivity index (χ1v) is 7.87. The van der Waals surface area contributed by atoms with Gasteiger partial charge in [0.15, 0.2) is 0 Å². The van der Waals surface area contributed by atoms with Crippen molar-refractivity contribution in [3.8, 4) is 0 Å². The van der Waals surface area contributed by atoms with Gasteiger partial charge in [-0.25, -0.2) is 9.78 Å². The smallest absolute Gasteiger partial charge is 0.419 e. The molecule has 0 bridgehead atoms. The third kappa shape index (κ3) is 7.58. The third-order valence-electron chi connectivity index (χ3n) is 2.94. The monoisotopic (exact) mass is 376 g/mol. The Morgan fingerprint density at radius 3 is 2.46 bits per heavy atom. The van der Waals surface area contributed by atoms with Crippen LogP contribution in [0, 0.1) is 0 Å². The number of ether oxygens (including phenoxy) is 1. The first-order valence-electron chi connectivity index (χ1n) is 7.87. The maximum atomic E-state index is 12.8. The normalized spacial score (nSPS) is 11.7. The number of aromatic nitrogens is 1. The molecule has 146 valence electrons. The van der Waals surface area contributed by atoms with Crippen molar-refractivity contribution in [2.45, 2.75) is 32.5 Å². The number of nitrogens with zero attached hydrogens (tertiary/aromatic N) is 2. The van der Waals surface area contributed by atoms with Gasteiger partial charge in [0.1, 0.15) is 18.0 Å². The van der Waals surface area contributed by atoms with Gasteiger partial charge in [-0.3, -0.25) is 4.79 Å². The number of likely N-dealkylation sites (N-methyl/N-ethyl adjacent to an activating group) is 1. The van der Waals surface area contributed by atoms with E-state index in [2.05, 4.69) is 15.6 Å². The molecule has 0 aliphatic rings. The standard InChI is InChI=1S/C16H23F3N4O3/c1-15(2,3)26-14(25)23(4)10-12(24)20-8-9-22-13-11(16(17,18)19)6-5-7-21-13/h5-7H,8-10H2,1-4H3,(H,20,24)(H,21,22). The number of hydrogen-bond donors (Lipinski definition) is 2. The van der Waals surface area contributed by atoms with Gasteiger partial charge in [0, 0.05) is 26.3 Å². The Hall–Kier alpha value is -2.52. The predicted molar refractivity (Wildman–Crippen MR) is 89.6 cm³/mol. The number of carbonyl (C=O) groups excluding carboxylic acids is 2.